The molecule has 0 aliphatic heterocycles. The highest BCUT2D eigenvalue weighted by Crippen LogP contribution is 2.19. The van der Waals surface area contributed by atoms with Crippen molar-refractivity contribution in [2.45, 2.75) is 12.5 Å². The van der Waals surface area contributed by atoms with E-state index < -0.39 is 5.97 Å². The van der Waals surface area contributed by atoms with Gasteiger partial charge in [0.15, 0.2) is 0 Å². The van der Waals surface area contributed by atoms with E-state index in [0.717, 1.165) is 0 Å². The topological polar surface area (TPSA) is 72.5 Å². The van der Waals surface area contributed by atoms with E-state index in [9.17, 15) is 4.79 Å². The first-order valence-electron chi connectivity index (χ1n) is 4.74. The number of benzene rings is 1. The van der Waals surface area contributed by atoms with Crippen molar-refractivity contribution in [2.75, 3.05) is 13.7 Å². The first-order chi connectivity index (χ1) is 7.20. The minimum atomic E-state index is -0.404. The van der Waals surface area contributed by atoms with Gasteiger partial charge in [-0.25, -0.2) is 4.79 Å². The van der Waals surface area contributed by atoms with Crippen molar-refractivity contribution < 1.29 is 14.6 Å². The van der Waals surface area contributed by atoms with Crippen LogP contribution in [0.25, 0.3) is 0 Å². The third-order valence-corrected chi connectivity index (χ3v) is 2.21. The summed E-state index contributed by atoms with van der Waals surface area (Å²) in [6.45, 7) is -0.00330. The highest BCUT2D eigenvalue weighted by atomic mass is 35.5. The first-order valence-corrected chi connectivity index (χ1v) is 4.74. The number of hydrogen-bond acceptors (Lipinski definition) is 4. The van der Waals surface area contributed by atoms with Gasteiger partial charge in [0, 0.05) is 12.6 Å². The minimum Gasteiger partial charge on any atom is -0.465 e. The number of hydrogen-bond donors (Lipinski definition) is 2. The molecule has 4 nitrogen and oxygen atoms in total. The molecule has 0 aromatic heterocycles. The second-order valence-electron chi connectivity index (χ2n) is 3.20. The fourth-order valence-electron chi connectivity index (χ4n) is 1.41. The summed E-state index contributed by atoms with van der Waals surface area (Å²) in [5.74, 6) is -0.404. The third kappa shape index (κ3) is 3.48. The van der Waals surface area contributed by atoms with Gasteiger partial charge in [0.1, 0.15) is 0 Å². The molecule has 0 aliphatic rings. The van der Waals surface area contributed by atoms with Gasteiger partial charge in [-0.1, -0.05) is 18.2 Å². The van der Waals surface area contributed by atoms with Crippen molar-refractivity contribution in [1.82, 2.24) is 0 Å². The van der Waals surface area contributed by atoms with Crippen LogP contribution in [-0.4, -0.2) is 24.8 Å². The van der Waals surface area contributed by atoms with E-state index in [0.29, 0.717) is 17.5 Å². The van der Waals surface area contributed by atoms with Gasteiger partial charge in [-0.15, -0.1) is 12.4 Å². The number of esters is 1. The van der Waals surface area contributed by atoms with Crippen molar-refractivity contribution >= 4 is 18.4 Å². The summed E-state index contributed by atoms with van der Waals surface area (Å²) in [7, 11) is 1.33. The zero-order valence-electron chi connectivity index (χ0n) is 9.05. The first kappa shape index (κ1) is 14.9. The largest absolute Gasteiger partial charge is 0.465 e. The van der Waals surface area contributed by atoms with Crippen molar-refractivity contribution in [3.63, 3.8) is 0 Å². The number of carbonyl (C=O) groups is 1. The molecule has 0 spiro atoms. The Kier molecular flexibility index (Phi) is 6.72. The van der Waals surface area contributed by atoms with Crippen LogP contribution in [0.1, 0.15) is 28.4 Å². The summed E-state index contributed by atoms with van der Waals surface area (Å²) in [4.78, 5) is 11.4. The van der Waals surface area contributed by atoms with E-state index in [-0.39, 0.29) is 25.1 Å². The predicted octanol–water partition coefficient (Wildman–Crippen LogP) is 1.28. The Labute approximate surface area is 101 Å². The van der Waals surface area contributed by atoms with Crippen LogP contribution in [0.5, 0.6) is 0 Å². The van der Waals surface area contributed by atoms with Crippen molar-refractivity contribution in [2.24, 2.45) is 5.73 Å². The molecule has 5 heteroatoms. The van der Waals surface area contributed by atoms with Crippen molar-refractivity contribution in [3.05, 3.63) is 35.4 Å². The number of ether oxygens (including phenoxy) is 1. The number of aliphatic hydroxyl groups is 1. The molecule has 1 rings (SSSR count). The lowest BCUT2D eigenvalue weighted by molar-refractivity contribution is 0.0598. The molecule has 3 N–H and O–H groups in total. The van der Waals surface area contributed by atoms with Crippen LogP contribution in [-0.2, 0) is 4.74 Å². The Morgan fingerprint density at radius 1 is 1.50 bits per heavy atom. The molecule has 0 fully saturated rings. The molecular weight excluding hydrogens is 230 g/mol. The van der Waals surface area contributed by atoms with Crippen LogP contribution in [0.3, 0.4) is 0 Å². The smallest absolute Gasteiger partial charge is 0.338 e. The summed E-state index contributed by atoms with van der Waals surface area (Å²) in [6, 6.07) is 6.65. The molecule has 90 valence electrons. The van der Waals surface area contributed by atoms with Crippen LogP contribution in [0.4, 0.5) is 0 Å². The Morgan fingerprint density at radius 2 is 2.12 bits per heavy atom. The molecule has 0 bridgehead atoms. The number of rotatable bonds is 4. The zero-order valence-corrected chi connectivity index (χ0v) is 9.87. The number of methoxy groups -OCH3 is 1. The normalized spacial score (nSPS) is 11.4. The van der Waals surface area contributed by atoms with Gasteiger partial charge >= 0.3 is 5.97 Å². The molecule has 1 aromatic carbocycles. The Balaban J connectivity index is 0.00000225. The van der Waals surface area contributed by atoms with Crippen LogP contribution in [0.15, 0.2) is 24.3 Å². The minimum absolute atomic E-state index is 0. The summed E-state index contributed by atoms with van der Waals surface area (Å²) in [5, 5.41) is 8.79. The predicted molar refractivity (Wildman–Crippen MR) is 63.7 cm³/mol. The summed E-state index contributed by atoms with van der Waals surface area (Å²) < 4.78 is 4.65. The molecule has 0 aliphatic carbocycles. The second-order valence-corrected chi connectivity index (χ2v) is 3.20. The highest BCUT2D eigenvalue weighted by Gasteiger charge is 2.15. The van der Waals surface area contributed by atoms with Crippen LogP contribution < -0.4 is 5.73 Å². The maximum absolute atomic E-state index is 11.4. The Bertz CT molecular complexity index is 344. The summed E-state index contributed by atoms with van der Waals surface area (Å²) in [5.41, 5.74) is 7.00. The molecule has 1 aromatic rings. The molecule has 0 saturated heterocycles. The highest BCUT2D eigenvalue weighted by molar-refractivity contribution is 5.91. The van der Waals surface area contributed by atoms with Gasteiger partial charge in [-0.05, 0) is 18.1 Å². The van der Waals surface area contributed by atoms with Crippen LogP contribution >= 0.6 is 12.4 Å². The van der Waals surface area contributed by atoms with Crippen molar-refractivity contribution in [3.8, 4) is 0 Å². The van der Waals surface area contributed by atoms with Gasteiger partial charge in [-0.3, -0.25) is 0 Å². The van der Waals surface area contributed by atoms with Crippen molar-refractivity contribution in [1.29, 1.82) is 0 Å². The fraction of sp³-hybridized carbons (Fsp3) is 0.364. The maximum atomic E-state index is 11.4. The monoisotopic (exact) mass is 245 g/mol. The second kappa shape index (κ2) is 7.22. The molecule has 0 amide bonds. The lowest BCUT2D eigenvalue weighted by Crippen LogP contribution is -2.16. The Hall–Kier alpha value is -1.10. The summed E-state index contributed by atoms with van der Waals surface area (Å²) in [6.07, 6.45) is 0.425. The maximum Gasteiger partial charge on any atom is 0.338 e. The number of carbonyl (C=O) groups excluding carboxylic acids is 1. The molecule has 1 unspecified atom stereocenters. The lowest BCUT2D eigenvalue weighted by atomic mass is 9.99. The quantitative estimate of drug-likeness (QED) is 0.784. The van der Waals surface area contributed by atoms with E-state index in [1.165, 1.54) is 7.11 Å². The molecule has 16 heavy (non-hydrogen) atoms. The van der Waals surface area contributed by atoms with E-state index >= 15 is 0 Å². The third-order valence-electron chi connectivity index (χ3n) is 2.21. The van der Waals surface area contributed by atoms with Gasteiger partial charge in [-0.2, -0.15) is 0 Å². The summed E-state index contributed by atoms with van der Waals surface area (Å²) >= 11 is 0. The number of nitrogens with two attached hydrogens (primary N) is 1. The average Bonchev–Trinajstić information content (AvgIpc) is 2.28. The van der Waals surface area contributed by atoms with Crippen LogP contribution in [0, 0.1) is 0 Å². The molecule has 0 saturated carbocycles. The number of aliphatic hydroxyl groups excluding tert-OH is 1. The molecule has 0 heterocycles. The van der Waals surface area contributed by atoms with Gasteiger partial charge < -0.3 is 15.6 Å². The van der Waals surface area contributed by atoms with Gasteiger partial charge in [0.2, 0.25) is 0 Å². The van der Waals surface area contributed by atoms with E-state index in [2.05, 4.69) is 4.74 Å². The van der Waals surface area contributed by atoms with E-state index in [1.807, 2.05) is 0 Å². The SMILES string of the molecule is COC(=O)c1ccccc1C(N)CCO.Cl. The lowest BCUT2D eigenvalue weighted by Gasteiger charge is -2.13. The molecular formula is C11H16ClNO3. The standard InChI is InChI=1S/C11H15NO3.ClH/c1-15-11(14)9-5-3-2-4-8(9)10(12)6-7-13;/h2-5,10,13H,6-7,12H2,1H3;1H. The van der Waals surface area contributed by atoms with E-state index in [4.69, 9.17) is 10.8 Å². The fourth-order valence-corrected chi connectivity index (χ4v) is 1.41. The Morgan fingerprint density at radius 3 is 2.69 bits per heavy atom. The van der Waals surface area contributed by atoms with Gasteiger partial charge in [0.25, 0.3) is 0 Å². The number of halogens is 1. The van der Waals surface area contributed by atoms with Crippen LogP contribution in [0.2, 0.25) is 0 Å². The molecule has 0 radical (unpaired) electrons. The van der Waals surface area contributed by atoms with E-state index in [1.54, 1.807) is 24.3 Å². The average molecular weight is 246 g/mol. The van der Waals surface area contributed by atoms with Gasteiger partial charge in [0.05, 0.1) is 12.7 Å². The molecule has 1 atom stereocenters. The zero-order chi connectivity index (χ0) is 11.3.